The number of benzene rings is 1. The van der Waals surface area contributed by atoms with Crippen LogP contribution in [0.25, 0.3) is 17.0 Å². The Kier molecular flexibility index (Phi) is 3.87. The van der Waals surface area contributed by atoms with Crippen LogP contribution in [0.4, 0.5) is 5.69 Å². The zero-order valence-electron chi connectivity index (χ0n) is 12.9. The van der Waals surface area contributed by atoms with E-state index in [4.69, 9.17) is 11.6 Å². The lowest BCUT2D eigenvalue weighted by molar-refractivity contribution is 0.102. The van der Waals surface area contributed by atoms with Crippen LogP contribution in [-0.4, -0.2) is 25.5 Å². The SMILES string of the molecule is O=C(Nc1ccn2nc(-c3ccccc3)nc2c1)c1cc(Cl)ccn1. The summed E-state index contributed by atoms with van der Waals surface area (Å²) in [5.41, 5.74) is 2.42. The van der Waals surface area contributed by atoms with Gasteiger partial charge in [-0.3, -0.25) is 9.78 Å². The highest BCUT2D eigenvalue weighted by molar-refractivity contribution is 6.30. The van der Waals surface area contributed by atoms with Gasteiger partial charge in [-0.2, -0.15) is 0 Å². The molecule has 0 bridgehead atoms. The van der Waals surface area contributed by atoms with Crippen molar-refractivity contribution in [3.05, 3.63) is 77.7 Å². The molecule has 0 atom stereocenters. The maximum Gasteiger partial charge on any atom is 0.274 e. The molecular weight excluding hydrogens is 338 g/mol. The second-order valence-electron chi connectivity index (χ2n) is 5.33. The molecule has 4 aromatic rings. The first kappa shape index (κ1) is 15.3. The summed E-state index contributed by atoms with van der Waals surface area (Å²) in [5, 5.41) is 7.68. The lowest BCUT2D eigenvalue weighted by atomic mass is 10.2. The van der Waals surface area contributed by atoms with Gasteiger partial charge in [-0.25, -0.2) is 9.50 Å². The molecule has 25 heavy (non-hydrogen) atoms. The number of hydrogen-bond donors (Lipinski definition) is 1. The molecule has 0 aliphatic carbocycles. The van der Waals surface area contributed by atoms with Crippen LogP contribution in [0, 0.1) is 0 Å². The molecule has 3 heterocycles. The quantitative estimate of drug-likeness (QED) is 0.612. The number of nitrogens with zero attached hydrogens (tertiary/aromatic N) is 4. The topological polar surface area (TPSA) is 72.2 Å². The van der Waals surface area contributed by atoms with Crippen molar-refractivity contribution in [3.8, 4) is 11.4 Å². The van der Waals surface area contributed by atoms with E-state index in [1.54, 1.807) is 28.9 Å². The zero-order chi connectivity index (χ0) is 17.2. The Morgan fingerprint density at radius 2 is 1.92 bits per heavy atom. The highest BCUT2D eigenvalue weighted by Crippen LogP contribution is 2.18. The number of fused-ring (bicyclic) bond motifs is 1. The van der Waals surface area contributed by atoms with E-state index in [1.807, 2.05) is 30.3 Å². The fraction of sp³-hybridized carbons (Fsp3) is 0. The van der Waals surface area contributed by atoms with Gasteiger partial charge in [0.05, 0.1) is 0 Å². The highest BCUT2D eigenvalue weighted by Gasteiger charge is 2.10. The number of halogens is 1. The Morgan fingerprint density at radius 3 is 2.72 bits per heavy atom. The van der Waals surface area contributed by atoms with Crippen LogP contribution in [0.1, 0.15) is 10.5 Å². The number of hydrogen-bond acceptors (Lipinski definition) is 4. The molecule has 0 spiro atoms. The molecule has 0 saturated carbocycles. The minimum Gasteiger partial charge on any atom is -0.320 e. The van der Waals surface area contributed by atoms with E-state index in [-0.39, 0.29) is 11.6 Å². The molecule has 1 aromatic carbocycles. The van der Waals surface area contributed by atoms with Gasteiger partial charge in [0.15, 0.2) is 11.5 Å². The maximum absolute atomic E-state index is 12.3. The van der Waals surface area contributed by atoms with Crippen molar-refractivity contribution in [1.82, 2.24) is 19.6 Å². The van der Waals surface area contributed by atoms with E-state index in [9.17, 15) is 4.79 Å². The average molecular weight is 350 g/mol. The van der Waals surface area contributed by atoms with Gasteiger partial charge >= 0.3 is 0 Å². The summed E-state index contributed by atoms with van der Waals surface area (Å²) in [7, 11) is 0. The van der Waals surface area contributed by atoms with Gasteiger partial charge < -0.3 is 5.32 Å². The highest BCUT2D eigenvalue weighted by atomic mass is 35.5. The van der Waals surface area contributed by atoms with Crippen LogP contribution in [-0.2, 0) is 0 Å². The van der Waals surface area contributed by atoms with E-state index in [1.165, 1.54) is 12.3 Å². The molecule has 122 valence electrons. The molecule has 3 aromatic heterocycles. The Hall–Kier alpha value is -3.25. The Balaban J connectivity index is 1.62. The van der Waals surface area contributed by atoms with Crippen molar-refractivity contribution in [2.75, 3.05) is 5.32 Å². The molecule has 0 saturated heterocycles. The Morgan fingerprint density at radius 1 is 1.08 bits per heavy atom. The molecule has 7 heteroatoms. The monoisotopic (exact) mass is 349 g/mol. The largest absolute Gasteiger partial charge is 0.320 e. The third kappa shape index (κ3) is 3.20. The van der Waals surface area contributed by atoms with E-state index in [0.29, 0.717) is 22.2 Å². The van der Waals surface area contributed by atoms with Crippen LogP contribution < -0.4 is 5.32 Å². The van der Waals surface area contributed by atoms with Crippen LogP contribution >= 0.6 is 11.6 Å². The van der Waals surface area contributed by atoms with Crippen molar-refractivity contribution in [3.63, 3.8) is 0 Å². The second kappa shape index (κ2) is 6.33. The summed E-state index contributed by atoms with van der Waals surface area (Å²) in [6.45, 7) is 0. The molecule has 0 radical (unpaired) electrons. The van der Waals surface area contributed by atoms with E-state index in [0.717, 1.165) is 5.56 Å². The van der Waals surface area contributed by atoms with Crippen LogP contribution in [0.3, 0.4) is 0 Å². The van der Waals surface area contributed by atoms with Gasteiger partial charge in [0.1, 0.15) is 5.69 Å². The standard InChI is InChI=1S/C18H12ClN5O/c19-13-6-8-20-15(10-13)18(25)21-14-7-9-24-16(11-14)22-17(23-24)12-4-2-1-3-5-12/h1-11H,(H,21,25). The van der Waals surface area contributed by atoms with Gasteiger partial charge in [0.2, 0.25) is 0 Å². The predicted octanol–water partition coefficient (Wildman–Crippen LogP) is 3.70. The Bertz CT molecular complexity index is 1060. The molecular formula is C18H12ClN5O. The smallest absolute Gasteiger partial charge is 0.274 e. The number of rotatable bonds is 3. The first-order valence-corrected chi connectivity index (χ1v) is 7.91. The lowest BCUT2D eigenvalue weighted by Crippen LogP contribution is -2.13. The fourth-order valence-electron chi connectivity index (χ4n) is 2.39. The second-order valence-corrected chi connectivity index (χ2v) is 5.77. The van der Waals surface area contributed by atoms with Crippen LogP contribution in [0.5, 0.6) is 0 Å². The van der Waals surface area contributed by atoms with E-state index < -0.39 is 0 Å². The van der Waals surface area contributed by atoms with Gasteiger partial charge in [0.25, 0.3) is 5.91 Å². The number of nitrogens with one attached hydrogen (secondary N) is 1. The molecule has 4 rings (SSSR count). The summed E-state index contributed by atoms with van der Waals surface area (Å²) < 4.78 is 1.66. The predicted molar refractivity (Wildman–Crippen MR) is 95.6 cm³/mol. The third-order valence-electron chi connectivity index (χ3n) is 3.58. The summed E-state index contributed by atoms with van der Waals surface area (Å²) in [6, 6.07) is 16.3. The normalized spacial score (nSPS) is 10.8. The number of carbonyl (C=O) groups is 1. The summed E-state index contributed by atoms with van der Waals surface area (Å²) in [6.07, 6.45) is 3.24. The van der Waals surface area contributed by atoms with Gasteiger partial charge in [0, 0.05) is 34.7 Å². The first-order valence-electron chi connectivity index (χ1n) is 7.54. The zero-order valence-corrected chi connectivity index (χ0v) is 13.7. The van der Waals surface area contributed by atoms with Crippen molar-refractivity contribution in [2.24, 2.45) is 0 Å². The Labute approximate surface area is 148 Å². The van der Waals surface area contributed by atoms with Gasteiger partial charge in [-0.15, -0.1) is 5.10 Å². The first-order chi connectivity index (χ1) is 12.2. The van der Waals surface area contributed by atoms with Crippen LogP contribution in [0.15, 0.2) is 67.0 Å². The molecule has 0 aliphatic rings. The average Bonchev–Trinajstić information content (AvgIpc) is 3.06. The number of carbonyl (C=O) groups excluding carboxylic acids is 1. The molecule has 6 nitrogen and oxygen atoms in total. The number of anilines is 1. The molecule has 0 aliphatic heterocycles. The minimum absolute atomic E-state index is 0.249. The van der Waals surface area contributed by atoms with Crippen LogP contribution in [0.2, 0.25) is 5.02 Å². The molecule has 1 amide bonds. The van der Waals surface area contributed by atoms with E-state index in [2.05, 4.69) is 20.4 Å². The van der Waals surface area contributed by atoms with Crippen molar-refractivity contribution in [2.45, 2.75) is 0 Å². The minimum atomic E-state index is -0.338. The number of pyridine rings is 2. The number of aromatic nitrogens is 4. The summed E-state index contributed by atoms with van der Waals surface area (Å²) in [4.78, 5) is 20.8. The maximum atomic E-state index is 12.3. The fourth-order valence-corrected chi connectivity index (χ4v) is 2.55. The molecule has 0 unspecified atom stereocenters. The van der Waals surface area contributed by atoms with E-state index >= 15 is 0 Å². The molecule has 1 N–H and O–H groups in total. The van der Waals surface area contributed by atoms with Gasteiger partial charge in [-0.05, 0) is 18.2 Å². The summed E-state index contributed by atoms with van der Waals surface area (Å²) >= 11 is 5.89. The third-order valence-corrected chi connectivity index (χ3v) is 3.82. The molecule has 0 fully saturated rings. The van der Waals surface area contributed by atoms with Gasteiger partial charge in [-0.1, -0.05) is 41.9 Å². The van der Waals surface area contributed by atoms with Crippen molar-refractivity contribution in [1.29, 1.82) is 0 Å². The number of amides is 1. The van der Waals surface area contributed by atoms with Crippen molar-refractivity contribution < 1.29 is 4.79 Å². The lowest BCUT2D eigenvalue weighted by Gasteiger charge is -2.04. The summed E-state index contributed by atoms with van der Waals surface area (Å²) in [5.74, 6) is 0.287. The van der Waals surface area contributed by atoms with Crippen molar-refractivity contribution >= 4 is 28.8 Å².